The van der Waals surface area contributed by atoms with Gasteiger partial charge in [-0.15, -0.1) is 0 Å². The monoisotopic (exact) mass is 388 g/mol. The third kappa shape index (κ3) is 6.14. The Labute approximate surface area is 166 Å². The van der Waals surface area contributed by atoms with Crippen LogP contribution >= 0.6 is 11.6 Å². The number of benzene rings is 2. The number of methoxy groups -OCH3 is 2. The van der Waals surface area contributed by atoms with E-state index in [0.29, 0.717) is 41.8 Å². The van der Waals surface area contributed by atoms with Crippen LogP contribution in [0.5, 0.6) is 11.5 Å². The van der Waals surface area contributed by atoms with Crippen LogP contribution in [-0.4, -0.2) is 38.9 Å². The number of nitrogens with zero attached hydrogens (tertiary/aromatic N) is 2. The average Bonchev–Trinajstić information content (AvgIpc) is 2.68. The normalized spacial score (nSPS) is 10.7. The Morgan fingerprint density at radius 3 is 2.37 bits per heavy atom. The average molecular weight is 389 g/mol. The second-order valence-corrected chi connectivity index (χ2v) is 6.46. The van der Waals surface area contributed by atoms with Crippen molar-refractivity contribution in [3.8, 4) is 17.6 Å². The number of rotatable bonds is 10. The van der Waals surface area contributed by atoms with E-state index in [0.717, 1.165) is 24.2 Å². The molecule has 0 aromatic heterocycles. The Morgan fingerprint density at radius 2 is 1.78 bits per heavy atom. The van der Waals surface area contributed by atoms with Gasteiger partial charge in [0.05, 0.1) is 37.0 Å². The number of hydrogen-bond acceptors (Lipinski definition) is 5. The highest BCUT2D eigenvalue weighted by Crippen LogP contribution is 2.36. The standard InChI is InChI=1S/C21H25ClN2O3/c1-4-27-21-19(22)11-18(12-20(21)26-3)15-24(9-10-25-2)14-17-7-5-16(13-23)6-8-17/h5-8,11-12H,4,9-10,14-15H2,1-3H3. The molecule has 0 unspecified atom stereocenters. The molecular formula is C21H25ClN2O3. The van der Waals surface area contributed by atoms with Crippen LogP contribution < -0.4 is 9.47 Å². The molecule has 0 aliphatic heterocycles. The minimum Gasteiger partial charge on any atom is -0.493 e. The zero-order valence-corrected chi connectivity index (χ0v) is 16.8. The van der Waals surface area contributed by atoms with Crippen molar-refractivity contribution in [3.05, 3.63) is 58.1 Å². The first-order chi connectivity index (χ1) is 13.1. The van der Waals surface area contributed by atoms with Gasteiger partial charge in [-0.1, -0.05) is 23.7 Å². The Morgan fingerprint density at radius 1 is 1.07 bits per heavy atom. The van der Waals surface area contributed by atoms with Crippen LogP contribution in [0, 0.1) is 11.3 Å². The van der Waals surface area contributed by atoms with Crippen LogP contribution in [0.25, 0.3) is 0 Å². The van der Waals surface area contributed by atoms with Gasteiger partial charge in [-0.3, -0.25) is 4.90 Å². The first-order valence-corrected chi connectivity index (χ1v) is 9.18. The largest absolute Gasteiger partial charge is 0.493 e. The number of ether oxygens (including phenoxy) is 3. The smallest absolute Gasteiger partial charge is 0.179 e. The summed E-state index contributed by atoms with van der Waals surface area (Å²) in [5.74, 6) is 1.20. The van der Waals surface area contributed by atoms with E-state index in [1.165, 1.54) is 0 Å². The molecule has 27 heavy (non-hydrogen) atoms. The van der Waals surface area contributed by atoms with E-state index in [2.05, 4.69) is 11.0 Å². The first kappa shape index (κ1) is 21.0. The molecular weight excluding hydrogens is 364 g/mol. The Balaban J connectivity index is 2.19. The van der Waals surface area contributed by atoms with Gasteiger partial charge in [0.15, 0.2) is 11.5 Å². The first-order valence-electron chi connectivity index (χ1n) is 8.80. The van der Waals surface area contributed by atoms with Crippen molar-refractivity contribution < 1.29 is 14.2 Å². The van der Waals surface area contributed by atoms with E-state index < -0.39 is 0 Å². The van der Waals surface area contributed by atoms with Crippen LogP contribution in [0.2, 0.25) is 5.02 Å². The second kappa shape index (κ2) is 10.8. The van der Waals surface area contributed by atoms with Crippen LogP contribution in [0.4, 0.5) is 0 Å². The van der Waals surface area contributed by atoms with Crippen molar-refractivity contribution in [2.24, 2.45) is 0 Å². The molecule has 0 amide bonds. The fourth-order valence-corrected chi connectivity index (χ4v) is 3.07. The maximum atomic E-state index is 8.95. The predicted molar refractivity (Wildman–Crippen MR) is 106 cm³/mol. The summed E-state index contributed by atoms with van der Waals surface area (Å²) in [6, 6.07) is 13.6. The molecule has 0 radical (unpaired) electrons. The van der Waals surface area contributed by atoms with E-state index >= 15 is 0 Å². The number of halogens is 1. The van der Waals surface area contributed by atoms with Crippen LogP contribution in [-0.2, 0) is 17.8 Å². The fourth-order valence-electron chi connectivity index (χ4n) is 2.78. The molecule has 0 saturated heterocycles. The molecule has 0 bridgehead atoms. The molecule has 2 aromatic rings. The highest BCUT2D eigenvalue weighted by atomic mass is 35.5. The van der Waals surface area contributed by atoms with Gasteiger partial charge < -0.3 is 14.2 Å². The van der Waals surface area contributed by atoms with Crippen LogP contribution in [0.1, 0.15) is 23.6 Å². The molecule has 0 spiro atoms. The number of hydrogen-bond donors (Lipinski definition) is 0. The van der Waals surface area contributed by atoms with Gasteiger partial charge in [0.25, 0.3) is 0 Å². The molecule has 0 aliphatic carbocycles. The topological polar surface area (TPSA) is 54.7 Å². The lowest BCUT2D eigenvalue weighted by Gasteiger charge is -2.23. The molecule has 0 heterocycles. The molecule has 0 fully saturated rings. The molecule has 5 nitrogen and oxygen atoms in total. The predicted octanol–water partition coefficient (Wildman–Crippen LogP) is 4.27. The van der Waals surface area contributed by atoms with Crippen molar-refractivity contribution in [2.45, 2.75) is 20.0 Å². The lowest BCUT2D eigenvalue weighted by atomic mass is 10.1. The van der Waals surface area contributed by atoms with Gasteiger partial charge >= 0.3 is 0 Å². The third-order valence-corrected chi connectivity index (χ3v) is 4.37. The molecule has 6 heteroatoms. The fraction of sp³-hybridized carbons (Fsp3) is 0.381. The Hall–Kier alpha value is -2.26. The second-order valence-electron chi connectivity index (χ2n) is 6.05. The summed E-state index contributed by atoms with van der Waals surface area (Å²) in [6.07, 6.45) is 0. The molecule has 0 saturated carbocycles. The summed E-state index contributed by atoms with van der Waals surface area (Å²) in [5.41, 5.74) is 2.82. The van der Waals surface area contributed by atoms with Crippen molar-refractivity contribution in [1.82, 2.24) is 4.90 Å². The number of nitriles is 1. The summed E-state index contributed by atoms with van der Waals surface area (Å²) < 4.78 is 16.3. The van der Waals surface area contributed by atoms with Gasteiger partial charge in [-0.2, -0.15) is 5.26 Å². The van der Waals surface area contributed by atoms with Crippen molar-refractivity contribution in [3.63, 3.8) is 0 Å². The van der Waals surface area contributed by atoms with Gasteiger partial charge in [-0.25, -0.2) is 0 Å². The maximum absolute atomic E-state index is 8.95. The van der Waals surface area contributed by atoms with Crippen LogP contribution in [0.15, 0.2) is 36.4 Å². The van der Waals surface area contributed by atoms with E-state index in [1.807, 2.05) is 43.3 Å². The summed E-state index contributed by atoms with van der Waals surface area (Å²) in [4.78, 5) is 2.26. The van der Waals surface area contributed by atoms with Gasteiger partial charge in [0.2, 0.25) is 0 Å². The van der Waals surface area contributed by atoms with Crippen molar-refractivity contribution in [2.75, 3.05) is 34.0 Å². The molecule has 0 atom stereocenters. The molecule has 0 aliphatic rings. The van der Waals surface area contributed by atoms with Crippen molar-refractivity contribution in [1.29, 1.82) is 5.26 Å². The van der Waals surface area contributed by atoms with Crippen molar-refractivity contribution >= 4 is 11.6 Å². The quantitative estimate of drug-likeness (QED) is 0.608. The lowest BCUT2D eigenvalue weighted by molar-refractivity contribution is 0.140. The Bertz CT molecular complexity index is 772. The van der Waals surface area contributed by atoms with Gasteiger partial charge in [-0.05, 0) is 42.3 Å². The highest BCUT2D eigenvalue weighted by Gasteiger charge is 2.14. The van der Waals surface area contributed by atoms with Gasteiger partial charge in [0.1, 0.15) is 0 Å². The van der Waals surface area contributed by atoms with E-state index in [4.69, 9.17) is 31.1 Å². The van der Waals surface area contributed by atoms with E-state index in [1.54, 1.807) is 14.2 Å². The van der Waals surface area contributed by atoms with Crippen LogP contribution in [0.3, 0.4) is 0 Å². The molecule has 2 rings (SSSR count). The summed E-state index contributed by atoms with van der Waals surface area (Å²) in [5, 5.41) is 9.48. The molecule has 0 N–H and O–H groups in total. The lowest BCUT2D eigenvalue weighted by Crippen LogP contribution is -2.26. The minimum absolute atomic E-state index is 0.522. The zero-order chi connectivity index (χ0) is 19.6. The molecule has 144 valence electrons. The van der Waals surface area contributed by atoms with E-state index in [-0.39, 0.29) is 0 Å². The molecule has 2 aromatic carbocycles. The highest BCUT2D eigenvalue weighted by molar-refractivity contribution is 6.32. The third-order valence-electron chi connectivity index (χ3n) is 4.08. The maximum Gasteiger partial charge on any atom is 0.179 e. The zero-order valence-electron chi connectivity index (χ0n) is 16.0. The summed E-state index contributed by atoms with van der Waals surface area (Å²) in [7, 11) is 3.30. The van der Waals surface area contributed by atoms with E-state index in [9.17, 15) is 0 Å². The summed E-state index contributed by atoms with van der Waals surface area (Å²) in [6.45, 7) is 5.25. The summed E-state index contributed by atoms with van der Waals surface area (Å²) >= 11 is 6.39. The van der Waals surface area contributed by atoms with Gasteiger partial charge in [0, 0.05) is 26.7 Å². The Kier molecular flexibility index (Phi) is 8.41. The SMILES string of the molecule is CCOc1c(Cl)cc(CN(CCOC)Cc2ccc(C#N)cc2)cc1OC. The minimum atomic E-state index is 0.522.